The van der Waals surface area contributed by atoms with E-state index in [0.29, 0.717) is 5.82 Å². The third kappa shape index (κ3) is 3.14. The van der Waals surface area contributed by atoms with Crippen LogP contribution in [0.5, 0.6) is 0 Å². The third-order valence-electron chi connectivity index (χ3n) is 4.85. The van der Waals surface area contributed by atoms with E-state index in [0.717, 1.165) is 17.3 Å². The first-order chi connectivity index (χ1) is 12.9. The van der Waals surface area contributed by atoms with Crippen LogP contribution in [-0.4, -0.2) is 47.8 Å². The van der Waals surface area contributed by atoms with Gasteiger partial charge < -0.3 is 0 Å². The maximum atomic E-state index is 14.3. The van der Waals surface area contributed by atoms with Gasteiger partial charge in [-0.2, -0.15) is 0 Å². The van der Waals surface area contributed by atoms with Crippen molar-refractivity contribution in [1.29, 1.82) is 0 Å². The zero-order valence-electron chi connectivity index (χ0n) is 14.4. The number of aromatic nitrogens is 1. The number of benzene rings is 1. The summed E-state index contributed by atoms with van der Waals surface area (Å²) in [6, 6.07) is 9.63. The van der Waals surface area contributed by atoms with Gasteiger partial charge in [-0.3, -0.25) is 0 Å². The summed E-state index contributed by atoms with van der Waals surface area (Å²) in [6.07, 6.45) is 1.77. The monoisotopic (exact) mass is 454 g/mol. The van der Waals surface area contributed by atoms with Gasteiger partial charge >= 0.3 is 167 Å². The van der Waals surface area contributed by atoms with Crippen LogP contribution in [0.4, 0.5) is 10.2 Å². The third-order valence-corrected chi connectivity index (χ3v) is 7.80. The van der Waals surface area contributed by atoms with E-state index in [1.54, 1.807) is 0 Å². The molecule has 2 heterocycles. The van der Waals surface area contributed by atoms with Crippen LogP contribution in [-0.2, 0) is 4.79 Å². The van der Waals surface area contributed by atoms with Crippen molar-refractivity contribution in [3.8, 4) is 0 Å². The molecule has 2 unspecified atom stereocenters. The fourth-order valence-corrected chi connectivity index (χ4v) is 6.47. The molecule has 0 radical (unpaired) electrons. The van der Waals surface area contributed by atoms with Gasteiger partial charge in [0.1, 0.15) is 0 Å². The van der Waals surface area contributed by atoms with Gasteiger partial charge in [0.05, 0.1) is 0 Å². The molecule has 4 rings (SSSR count). The molecule has 1 aromatic carbocycles. The Balaban J connectivity index is 1.89. The molecule has 0 spiro atoms. The van der Waals surface area contributed by atoms with Gasteiger partial charge in [0.25, 0.3) is 0 Å². The normalized spacial score (nSPS) is 21.9. The van der Waals surface area contributed by atoms with E-state index in [1.807, 2.05) is 35.2 Å². The Hall–Kier alpha value is -1.95. The molecule has 2 atom stereocenters. The molecule has 1 fully saturated rings. The summed E-state index contributed by atoms with van der Waals surface area (Å²) in [5.41, 5.74) is 0.119. The zero-order valence-corrected chi connectivity index (χ0v) is 16.8. The molecular weight excluding hydrogens is 438 g/mol. The summed E-state index contributed by atoms with van der Waals surface area (Å²) in [4.78, 5) is 30.7. The summed E-state index contributed by atoms with van der Waals surface area (Å²) in [5.74, 6) is -3.46. The molecule has 0 bridgehead atoms. The number of aliphatic carboxylic acids is 1. The van der Waals surface area contributed by atoms with Gasteiger partial charge in [-0.1, -0.05) is 0 Å². The van der Waals surface area contributed by atoms with E-state index < -0.39 is 28.4 Å². The molecule has 2 aliphatic rings. The van der Waals surface area contributed by atoms with E-state index in [1.165, 1.54) is 6.92 Å². The summed E-state index contributed by atoms with van der Waals surface area (Å²) in [5, 5.41) is 9.55. The number of carboxylic acid groups (broad SMARTS) is 1. The number of fused-ring (bicyclic) bond motifs is 1. The first kappa shape index (κ1) is 18.4. The van der Waals surface area contributed by atoms with Gasteiger partial charge in [0.15, 0.2) is 0 Å². The molecule has 1 aromatic heterocycles. The van der Waals surface area contributed by atoms with E-state index in [-0.39, 0.29) is 37.3 Å². The predicted molar refractivity (Wildman–Crippen MR) is 101 cm³/mol. The number of hydrogen-bond acceptors (Lipinski definition) is 4. The topological polar surface area (TPSA) is 70.5 Å². The van der Waals surface area contributed by atoms with Crippen molar-refractivity contribution >= 4 is 48.6 Å². The number of carbonyl (C=O) groups excluding carboxylic acids is 1. The van der Waals surface area contributed by atoms with E-state index in [2.05, 4.69) is 4.98 Å². The van der Waals surface area contributed by atoms with E-state index in [9.17, 15) is 19.1 Å². The Morgan fingerprint density at radius 2 is 2.00 bits per heavy atom. The van der Waals surface area contributed by atoms with Crippen LogP contribution in [0.15, 0.2) is 30.3 Å². The maximum absolute atomic E-state index is 14.3. The van der Waals surface area contributed by atoms with E-state index in [4.69, 9.17) is 11.6 Å². The molecule has 8 heteroatoms. The molecular formula is C19H16ClFN2O3Se. The molecule has 1 aliphatic heterocycles. The van der Waals surface area contributed by atoms with Crippen molar-refractivity contribution in [2.45, 2.75) is 30.7 Å². The number of rotatable bonds is 4. The SMILES string of the molecule is Cc1c(F)c(Cl)nc2c1C(=O)C(C(=O)O)C([Se]c1ccccc1)N2C1CC1. The van der Waals surface area contributed by atoms with Crippen molar-refractivity contribution in [2.75, 3.05) is 4.90 Å². The minimum atomic E-state index is -1.25. The number of ketones is 1. The number of anilines is 1. The number of Topliss-reactive ketones (excluding diaryl/α,β-unsaturated/α-hetero) is 1. The van der Waals surface area contributed by atoms with Crippen LogP contribution < -0.4 is 9.36 Å². The second kappa shape index (κ2) is 6.89. The van der Waals surface area contributed by atoms with Crippen LogP contribution in [0.2, 0.25) is 5.15 Å². The molecule has 1 N–H and O–H groups in total. The van der Waals surface area contributed by atoms with Gasteiger partial charge in [0, 0.05) is 0 Å². The van der Waals surface area contributed by atoms with Crippen LogP contribution in [0.25, 0.3) is 0 Å². The summed E-state index contributed by atoms with van der Waals surface area (Å²) in [7, 11) is 0. The van der Waals surface area contributed by atoms with Crippen molar-refractivity contribution in [3.63, 3.8) is 0 Å². The fraction of sp³-hybridized carbons (Fsp3) is 0.316. The number of carboxylic acids is 1. The second-order valence-corrected chi connectivity index (χ2v) is 9.54. The molecule has 27 heavy (non-hydrogen) atoms. The minimum absolute atomic E-state index is 0.0521. The summed E-state index contributed by atoms with van der Waals surface area (Å²) in [6.45, 7) is 1.45. The summed E-state index contributed by atoms with van der Waals surface area (Å²) >= 11 is 5.65. The van der Waals surface area contributed by atoms with Gasteiger partial charge in [-0.15, -0.1) is 0 Å². The fourth-order valence-electron chi connectivity index (χ4n) is 3.41. The van der Waals surface area contributed by atoms with Gasteiger partial charge in [0.2, 0.25) is 0 Å². The quantitative estimate of drug-likeness (QED) is 0.437. The molecule has 140 valence electrons. The number of pyridine rings is 1. The Kier molecular flexibility index (Phi) is 4.70. The van der Waals surface area contributed by atoms with Gasteiger partial charge in [-0.05, 0) is 0 Å². The number of hydrogen-bond donors (Lipinski definition) is 1. The van der Waals surface area contributed by atoms with Crippen LogP contribution >= 0.6 is 11.6 Å². The molecule has 1 aliphatic carbocycles. The summed E-state index contributed by atoms with van der Waals surface area (Å²) < 4.78 is 15.3. The van der Waals surface area contributed by atoms with Crippen LogP contribution in [0.1, 0.15) is 28.8 Å². The van der Waals surface area contributed by atoms with Crippen molar-refractivity contribution < 1.29 is 19.1 Å². The number of halogens is 2. The average molecular weight is 454 g/mol. The first-order valence-electron chi connectivity index (χ1n) is 8.52. The van der Waals surface area contributed by atoms with E-state index >= 15 is 0 Å². The number of nitrogens with zero attached hydrogens (tertiary/aromatic N) is 2. The Morgan fingerprint density at radius 1 is 1.33 bits per heavy atom. The zero-order chi connectivity index (χ0) is 19.3. The van der Waals surface area contributed by atoms with Gasteiger partial charge in [-0.25, -0.2) is 0 Å². The Labute approximate surface area is 166 Å². The molecule has 2 aromatic rings. The Morgan fingerprint density at radius 3 is 2.59 bits per heavy atom. The molecule has 1 saturated carbocycles. The first-order valence-corrected chi connectivity index (χ1v) is 10.7. The molecule has 5 nitrogen and oxygen atoms in total. The Bertz CT molecular complexity index is 936. The van der Waals surface area contributed by atoms with Crippen molar-refractivity contribution in [2.24, 2.45) is 5.92 Å². The molecule has 0 amide bonds. The standard InChI is InChI=1S/C19H16ClFN2O3Se/c1-9-12-15(24)13(19(25)26)18(27-11-5-3-2-4-6-11)23(10-7-8-10)17(12)22-16(20)14(9)21/h2-6,10,13,18H,7-8H2,1H3,(H,25,26). The number of carbonyl (C=O) groups is 2. The van der Waals surface area contributed by atoms with Crippen molar-refractivity contribution in [3.05, 3.63) is 52.4 Å². The molecule has 0 saturated heterocycles. The van der Waals surface area contributed by atoms with Crippen molar-refractivity contribution in [1.82, 2.24) is 4.98 Å². The van der Waals surface area contributed by atoms with Crippen LogP contribution in [0.3, 0.4) is 0 Å². The van der Waals surface area contributed by atoms with Crippen LogP contribution in [0, 0.1) is 18.7 Å². The average Bonchev–Trinajstić information content (AvgIpc) is 3.45. The predicted octanol–water partition coefficient (Wildman–Crippen LogP) is 2.40. The second-order valence-electron chi connectivity index (χ2n) is 6.68.